The van der Waals surface area contributed by atoms with Gasteiger partial charge in [0.25, 0.3) is 0 Å². The van der Waals surface area contributed by atoms with E-state index < -0.39 is 0 Å². The Kier molecular flexibility index (Phi) is 6.89. The number of hydrogen-bond donors (Lipinski definition) is 2. The zero-order chi connectivity index (χ0) is 14.3. The highest BCUT2D eigenvalue weighted by atomic mass is 16.5. The zero-order valence-electron chi connectivity index (χ0n) is 12.4. The van der Waals surface area contributed by atoms with Gasteiger partial charge in [-0.3, -0.25) is 0 Å². The van der Waals surface area contributed by atoms with Crippen molar-refractivity contribution in [3.8, 4) is 5.75 Å². The molecule has 3 N–H and O–H groups in total. The summed E-state index contributed by atoms with van der Waals surface area (Å²) in [4.78, 5) is 0. The van der Waals surface area contributed by atoms with E-state index in [1.165, 1.54) is 16.7 Å². The van der Waals surface area contributed by atoms with Crippen molar-refractivity contribution in [1.82, 2.24) is 0 Å². The van der Waals surface area contributed by atoms with Crippen LogP contribution in [0.15, 0.2) is 12.1 Å². The Morgan fingerprint density at radius 2 is 2.00 bits per heavy atom. The van der Waals surface area contributed by atoms with Crippen LogP contribution in [0, 0.1) is 19.8 Å². The molecular formula is C16H27NO2. The van der Waals surface area contributed by atoms with Crippen LogP contribution in [-0.2, 0) is 6.42 Å². The molecule has 0 aliphatic carbocycles. The van der Waals surface area contributed by atoms with Crippen molar-refractivity contribution < 1.29 is 9.84 Å². The molecule has 0 aliphatic rings. The number of ether oxygens (including phenoxy) is 1. The van der Waals surface area contributed by atoms with Gasteiger partial charge in [0.1, 0.15) is 5.75 Å². The van der Waals surface area contributed by atoms with Crippen LogP contribution in [0.4, 0.5) is 0 Å². The van der Waals surface area contributed by atoms with E-state index in [0.717, 1.165) is 31.6 Å². The number of benzene rings is 1. The third-order valence-corrected chi connectivity index (χ3v) is 3.72. The summed E-state index contributed by atoms with van der Waals surface area (Å²) >= 11 is 0. The van der Waals surface area contributed by atoms with Gasteiger partial charge in [0.05, 0.1) is 6.61 Å². The maximum atomic E-state index is 9.17. The van der Waals surface area contributed by atoms with E-state index in [4.69, 9.17) is 15.6 Å². The Hall–Kier alpha value is -1.06. The van der Waals surface area contributed by atoms with E-state index in [0.29, 0.717) is 6.54 Å². The molecule has 0 radical (unpaired) electrons. The first-order valence-corrected chi connectivity index (χ1v) is 7.16. The van der Waals surface area contributed by atoms with E-state index in [2.05, 4.69) is 32.9 Å². The molecule has 0 aromatic heterocycles. The SMILES string of the molecule is CCCOc1ccc(CCC(CN)CO)c(C)c1C. The van der Waals surface area contributed by atoms with Gasteiger partial charge < -0.3 is 15.6 Å². The normalized spacial score (nSPS) is 12.5. The first-order chi connectivity index (χ1) is 9.13. The summed E-state index contributed by atoms with van der Waals surface area (Å²) in [5.74, 6) is 1.19. The molecular weight excluding hydrogens is 238 g/mol. The highest BCUT2D eigenvalue weighted by Gasteiger charge is 2.10. The number of nitrogens with two attached hydrogens (primary N) is 1. The van der Waals surface area contributed by atoms with Crippen molar-refractivity contribution in [2.45, 2.75) is 40.0 Å². The van der Waals surface area contributed by atoms with Gasteiger partial charge in [-0.05, 0) is 68.3 Å². The Morgan fingerprint density at radius 3 is 2.58 bits per heavy atom. The minimum Gasteiger partial charge on any atom is -0.493 e. The molecule has 0 aliphatic heterocycles. The third-order valence-electron chi connectivity index (χ3n) is 3.72. The molecule has 0 spiro atoms. The van der Waals surface area contributed by atoms with Crippen molar-refractivity contribution in [2.24, 2.45) is 11.7 Å². The Balaban J connectivity index is 2.73. The summed E-state index contributed by atoms with van der Waals surface area (Å²) in [5, 5.41) is 9.17. The molecule has 0 amide bonds. The molecule has 19 heavy (non-hydrogen) atoms. The number of aliphatic hydroxyl groups is 1. The lowest BCUT2D eigenvalue weighted by molar-refractivity contribution is 0.223. The predicted octanol–water partition coefficient (Wildman–Crippen LogP) is 2.59. The second-order valence-corrected chi connectivity index (χ2v) is 5.14. The predicted molar refractivity (Wildman–Crippen MR) is 79.7 cm³/mol. The average molecular weight is 265 g/mol. The molecule has 3 heteroatoms. The van der Waals surface area contributed by atoms with E-state index in [1.807, 2.05) is 0 Å². The van der Waals surface area contributed by atoms with Gasteiger partial charge in [-0.2, -0.15) is 0 Å². The fourth-order valence-electron chi connectivity index (χ4n) is 2.13. The fraction of sp³-hybridized carbons (Fsp3) is 0.625. The lowest BCUT2D eigenvalue weighted by Gasteiger charge is -2.16. The van der Waals surface area contributed by atoms with Crippen molar-refractivity contribution in [3.05, 3.63) is 28.8 Å². The Bertz CT molecular complexity index is 387. The van der Waals surface area contributed by atoms with E-state index in [9.17, 15) is 0 Å². The van der Waals surface area contributed by atoms with Gasteiger partial charge in [-0.1, -0.05) is 13.0 Å². The van der Waals surface area contributed by atoms with Gasteiger partial charge in [-0.15, -0.1) is 0 Å². The topological polar surface area (TPSA) is 55.5 Å². The molecule has 3 nitrogen and oxygen atoms in total. The Labute approximate surface area is 116 Å². The minimum absolute atomic E-state index is 0.173. The summed E-state index contributed by atoms with van der Waals surface area (Å²) in [5.41, 5.74) is 9.46. The molecule has 1 aromatic rings. The minimum atomic E-state index is 0.173. The van der Waals surface area contributed by atoms with Crippen LogP contribution in [0.1, 0.15) is 36.5 Å². The second kappa shape index (κ2) is 8.18. The van der Waals surface area contributed by atoms with Gasteiger partial charge >= 0.3 is 0 Å². The molecule has 0 fully saturated rings. The first-order valence-electron chi connectivity index (χ1n) is 7.16. The molecule has 108 valence electrons. The summed E-state index contributed by atoms with van der Waals surface area (Å²) in [6.07, 6.45) is 2.92. The maximum absolute atomic E-state index is 9.17. The smallest absolute Gasteiger partial charge is 0.122 e. The van der Waals surface area contributed by atoms with Crippen molar-refractivity contribution >= 4 is 0 Å². The molecule has 1 unspecified atom stereocenters. The highest BCUT2D eigenvalue weighted by Crippen LogP contribution is 2.25. The molecule has 1 atom stereocenters. The van der Waals surface area contributed by atoms with Gasteiger partial charge in [-0.25, -0.2) is 0 Å². The molecule has 0 saturated heterocycles. The molecule has 1 rings (SSSR count). The van der Waals surface area contributed by atoms with Crippen LogP contribution < -0.4 is 10.5 Å². The standard InChI is InChI=1S/C16H27NO2/c1-4-9-19-16-8-7-15(12(2)13(16)3)6-5-14(10-17)11-18/h7-8,14,18H,4-6,9-11,17H2,1-3H3. The molecule has 1 aromatic carbocycles. The maximum Gasteiger partial charge on any atom is 0.122 e. The van der Waals surface area contributed by atoms with E-state index >= 15 is 0 Å². The van der Waals surface area contributed by atoms with Crippen molar-refractivity contribution in [1.29, 1.82) is 0 Å². The first kappa shape index (κ1) is 16.0. The number of aliphatic hydroxyl groups excluding tert-OH is 1. The third kappa shape index (κ3) is 4.51. The fourth-order valence-corrected chi connectivity index (χ4v) is 2.13. The van der Waals surface area contributed by atoms with Crippen LogP contribution >= 0.6 is 0 Å². The quantitative estimate of drug-likeness (QED) is 0.759. The van der Waals surface area contributed by atoms with Gasteiger partial charge in [0.2, 0.25) is 0 Å². The average Bonchev–Trinajstić information content (AvgIpc) is 2.43. The van der Waals surface area contributed by atoms with Gasteiger partial charge in [0.15, 0.2) is 0 Å². The van der Waals surface area contributed by atoms with Crippen LogP contribution in [0.5, 0.6) is 5.75 Å². The van der Waals surface area contributed by atoms with Crippen molar-refractivity contribution in [2.75, 3.05) is 19.8 Å². The number of aryl methyl sites for hydroxylation is 1. The molecule has 0 saturated carbocycles. The highest BCUT2D eigenvalue weighted by molar-refractivity contribution is 5.43. The largest absolute Gasteiger partial charge is 0.493 e. The van der Waals surface area contributed by atoms with Crippen LogP contribution in [-0.4, -0.2) is 24.9 Å². The lowest BCUT2D eigenvalue weighted by Crippen LogP contribution is -2.18. The zero-order valence-corrected chi connectivity index (χ0v) is 12.4. The van der Waals surface area contributed by atoms with E-state index in [-0.39, 0.29) is 12.5 Å². The van der Waals surface area contributed by atoms with Crippen LogP contribution in [0.25, 0.3) is 0 Å². The van der Waals surface area contributed by atoms with Crippen LogP contribution in [0.3, 0.4) is 0 Å². The van der Waals surface area contributed by atoms with E-state index in [1.54, 1.807) is 0 Å². The lowest BCUT2D eigenvalue weighted by atomic mass is 9.95. The summed E-state index contributed by atoms with van der Waals surface area (Å²) in [7, 11) is 0. The summed E-state index contributed by atoms with van der Waals surface area (Å²) < 4.78 is 5.73. The second-order valence-electron chi connectivity index (χ2n) is 5.14. The molecule has 0 heterocycles. The monoisotopic (exact) mass is 265 g/mol. The van der Waals surface area contributed by atoms with Gasteiger partial charge in [0, 0.05) is 6.61 Å². The summed E-state index contributed by atoms with van der Waals surface area (Å²) in [6.45, 7) is 7.84. The number of hydrogen-bond acceptors (Lipinski definition) is 3. The van der Waals surface area contributed by atoms with Crippen LogP contribution in [0.2, 0.25) is 0 Å². The Morgan fingerprint density at radius 1 is 1.26 bits per heavy atom. The van der Waals surface area contributed by atoms with Crippen molar-refractivity contribution in [3.63, 3.8) is 0 Å². The summed E-state index contributed by atoms with van der Waals surface area (Å²) in [6, 6.07) is 4.20. The number of rotatable bonds is 8. The molecule has 0 bridgehead atoms.